The summed E-state index contributed by atoms with van der Waals surface area (Å²) in [6, 6.07) is 0. The molecule has 0 aliphatic carbocycles. The van der Waals surface area contributed by atoms with Crippen molar-refractivity contribution >= 4 is 11.9 Å². The van der Waals surface area contributed by atoms with Crippen molar-refractivity contribution in [1.82, 2.24) is 0 Å². The smallest absolute Gasteiger partial charge is 0.332 e. The second-order valence-corrected chi connectivity index (χ2v) is 3.77. The van der Waals surface area contributed by atoms with Gasteiger partial charge in [0.15, 0.2) is 0 Å². The van der Waals surface area contributed by atoms with Crippen molar-refractivity contribution in [3.05, 3.63) is 12.7 Å². The van der Waals surface area contributed by atoms with Gasteiger partial charge in [-0.05, 0) is 12.8 Å². The molecule has 0 aromatic heterocycles. The maximum atomic E-state index is 11.0. The molecule has 0 amide bonds. The normalized spacial score (nSPS) is 13.7. The molecule has 0 saturated heterocycles. The van der Waals surface area contributed by atoms with Crippen molar-refractivity contribution in [2.24, 2.45) is 0 Å². The molecule has 0 fully saturated rings. The molecule has 0 spiro atoms. The van der Waals surface area contributed by atoms with E-state index in [2.05, 4.69) is 6.58 Å². The maximum absolute atomic E-state index is 11.0. The van der Waals surface area contributed by atoms with Crippen LogP contribution in [0.5, 0.6) is 0 Å². The van der Waals surface area contributed by atoms with Crippen molar-refractivity contribution in [2.45, 2.75) is 45.0 Å². The fraction of sp³-hybridized carbons (Fsp3) is 0.667. The predicted molar refractivity (Wildman–Crippen MR) is 63.8 cm³/mol. The highest BCUT2D eigenvalue weighted by atomic mass is 16.7. The zero-order valence-electron chi connectivity index (χ0n) is 10.5. The molecule has 6 nitrogen and oxygen atoms in total. The molecule has 0 rings (SSSR count). The summed E-state index contributed by atoms with van der Waals surface area (Å²) in [5.74, 6) is -1.68. The summed E-state index contributed by atoms with van der Waals surface area (Å²) in [5, 5.41) is 17.9. The standard InChI is InChI=1S/C12H20O6/c1-3-7-17-12(18-11(16)4-2)6-5-9(13)8-10(14)15/h4,9,12-13H,2-3,5-8H2,1H3,(H,14,15). The van der Waals surface area contributed by atoms with Gasteiger partial charge in [0.2, 0.25) is 6.29 Å². The van der Waals surface area contributed by atoms with Crippen molar-refractivity contribution in [2.75, 3.05) is 6.61 Å². The van der Waals surface area contributed by atoms with Gasteiger partial charge in [0.1, 0.15) is 0 Å². The minimum atomic E-state index is -1.07. The van der Waals surface area contributed by atoms with Gasteiger partial charge in [-0.2, -0.15) is 0 Å². The van der Waals surface area contributed by atoms with E-state index in [0.29, 0.717) is 6.61 Å². The Morgan fingerprint density at radius 1 is 1.39 bits per heavy atom. The Hall–Kier alpha value is -1.40. The largest absolute Gasteiger partial charge is 0.481 e. The molecule has 104 valence electrons. The average molecular weight is 260 g/mol. The van der Waals surface area contributed by atoms with E-state index >= 15 is 0 Å². The first-order valence-electron chi connectivity index (χ1n) is 5.84. The summed E-state index contributed by atoms with van der Waals surface area (Å²) >= 11 is 0. The van der Waals surface area contributed by atoms with Crippen LogP contribution in [0.25, 0.3) is 0 Å². The van der Waals surface area contributed by atoms with Crippen molar-refractivity contribution < 1.29 is 29.3 Å². The number of aliphatic hydroxyl groups is 1. The molecule has 0 aromatic carbocycles. The molecular formula is C12H20O6. The first-order valence-corrected chi connectivity index (χ1v) is 5.84. The fourth-order valence-corrected chi connectivity index (χ4v) is 1.24. The predicted octanol–water partition coefficient (Wildman–Crippen LogP) is 1.08. The Morgan fingerprint density at radius 3 is 2.56 bits per heavy atom. The van der Waals surface area contributed by atoms with Crippen LogP contribution < -0.4 is 0 Å². The summed E-state index contributed by atoms with van der Waals surface area (Å²) in [5.41, 5.74) is 0. The Morgan fingerprint density at radius 2 is 2.06 bits per heavy atom. The third kappa shape index (κ3) is 8.72. The van der Waals surface area contributed by atoms with Crippen LogP contribution in [0.2, 0.25) is 0 Å². The SMILES string of the molecule is C=CC(=O)OC(CCC(O)CC(=O)O)OCCC. The Kier molecular flexibility index (Phi) is 8.86. The van der Waals surface area contributed by atoms with E-state index in [1.165, 1.54) is 0 Å². The Bertz CT molecular complexity index is 276. The number of aliphatic carboxylic acids is 1. The molecule has 0 aliphatic heterocycles. The summed E-state index contributed by atoms with van der Waals surface area (Å²) in [7, 11) is 0. The van der Waals surface area contributed by atoms with Gasteiger partial charge in [-0.3, -0.25) is 4.79 Å². The summed E-state index contributed by atoms with van der Waals surface area (Å²) in [4.78, 5) is 21.4. The number of hydrogen-bond donors (Lipinski definition) is 2. The zero-order valence-corrected chi connectivity index (χ0v) is 10.5. The number of carbonyl (C=O) groups is 2. The lowest BCUT2D eigenvalue weighted by atomic mass is 10.1. The topological polar surface area (TPSA) is 93.1 Å². The van der Waals surface area contributed by atoms with E-state index < -0.39 is 24.3 Å². The number of carboxylic acid groups (broad SMARTS) is 1. The van der Waals surface area contributed by atoms with Gasteiger partial charge < -0.3 is 19.7 Å². The Balaban J connectivity index is 4.09. The molecule has 0 radical (unpaired) electrons. The van der Waals surface area contributed by atoms with Crippen LogP contribution in [0.3, 0.4) is 0 Å². The number of carboxylic acids is 1. The molecule has 6 heteroatoms. The monoisotopic (exact) mass is 260 g/mol. The van der Waals surface area contributed by atoms with Gasteiger partial charge in [0, 0.05) is 12.5 Å². The van der Waals surface area contributed by atoms with Crippen LogP contribution in [0.1, 0.15) is 32.6 Å². The van der Waals surface area contributed by atoms with E-state index in [4.69, 9.17) is 14.6 Å². The van der Waals surface area contributed by atoms with Crippen LogP contribution in [-0.2, 0) is 19.1 Å². The number of esters is 1. The lowest BCUT2D eigenvalue weighted by molar-refractivity contribution is -0.176. The van der Waals surface area contributed by atoms with Gasteiger partial charge in [-0.15, -0.1) is 0 Å². The number of aliphatic hydroxyl groups excluding tert-OH is 1. The van der Waals surface area contributed by atoms with Gasteiger partial charge in [0.05, 0.1) is 19.1 Å². The third-order valence-electron chi connectivity index (χ3n) is 2.07. The lowest BCUT2D eigenvalue weighted by Gasteiger charge is -2.18. The molecule has 0 aromatic rings. The van der Waals surface area contributed by atoms with Crippen LogP contribution in [0, 0.1) is 0 Å². The molecule has 2 unspecified atom stereocenters. The fourth-order valence-electron chi connectivity index (χ4n) is 1.24. The molecule has 18 heavy (non-hydrogen) atoms. The summed E-state index contributed by atoms with van der Waals surface area (Å²) in [6.45, 7) is 5.60. The van der Waals surface area contributed by atoms with E-state index in [1.54, 1.807) is 0 Å². The minimum Gasteiger partial charge on any atom is -0.481 e. The number of carbonyl (C=O) groups excluding carboxylic acids is 1. The molecule has 2 N–H and O–H groups in total. The highest BCUT2D eigenvalue weighted by Gasteiger charge is 2.17. The van der Waals surface area contributed by atoms with Crippen LogP contribution in [-0.4, -0.2) is 41.2 Å². The molecule has 0 heterocycles. The minimum absolute atomic E-state index is 0.186. The average Bonchev–Trinajstić information content (AvgIpc) is 2.31. The van der Waals surface area contributed by atoms with Gasteiger partial charge in [-0.25, -0.2) is 4.79 Å². The number of rotatable bonds is 10. The van der Waals surface area contributed by atoms with E-state index in [-0.39, 0.29) is 19.3 Å². The molecule has 2 atom stereocenters. The Labute approximate surface area is 106 Å². The second-order valence-electron chi connectivity index (χ2n) is 3.77. The van der Waals surface area contributed by atoms with E-state index in [0.717, 1.165) is 12.5 Å². The van der Waals surface area contributed by atoms with Gasteiger partial charge in [0.25, 0.3) is 0 Å². The van der Waals surface area contributed by atoms with Crippen molar-refractivity contribution in [1.29, 1.82) is 0 Å². The molecular weight excluding hydrogens is 240 g/mol. The second kappa shape index (κ2) is 9.61. The summed E-state index contributed by atoms with van der Waals surface area (Å²) < 4.78 is 10.2. The van der Waals surface area contributed by atoms with Crippen molar-refractivity contribution in [3.8, 4) is 0 Å². The highest BCUT2D eigenvalue weighted by Crippen LogP contribution is 2.10. The van der Waals surface area contributed by atoms with E-state index in [1.807, 2.05) is 6.92 Å². The van der Waals surface area contributed by atoms with Crippen LogP contribution in [0.15, 0.2) is 12.7 Å². The number of ether oxygens (including phenoxy) is 2. The molecule has 0 saturated carbocycles. The third-order valence-corrected chi connectivity index (χ3v) is 2.07. The van der Waals surface area contributed by atoms with E-state index in [9.17, 15) is 14.7 Å². The van der Waals surface area contributed by atoms with Gasteiger partial charge >= 0.3 is 11.9 Å². The summed E-state index contributed by atoms with van der Waals surface area (Å²) in [6.07, 6.45) is 0.127. The van der Waals surface area contributed by atoms with Crippen molar-refractivity contribution in [3.63, 3.8) is 0 Å². The quantitative estimate of drug-likeness (QED) is 0.347. The lowest BCUT2D eigenvalue weighted by Crippen LogP contribution is -2.23. The highest BCUT2D eigenvalue weighted by molar-refractivity contribution is 5.81. The molecule has 0 bridgehead atoms. The maximum Gasteiger partial charge on any atom is 0.332 e. The number of hydrogen-bond acceptors (Lipinski definition) is 5. The first-order chi connectivity index (χ1) is 8.49. The van der Waals surface area contributed by atoms with Crippen LogP contribution in [0.4, 0.5) is 0 Å². The van der Waals surface area contributed by atoms with Gasteiger partial charge in [-0.1, -0.05) is 13.5 Å². The molecule has 0 aliphatic rings. The first kappa shape index (κ1) is 16.6. The zero-order chi connectivity index (χ0) is 14.0. The van der Waals surface area contributed by atoms with Crippen LogP contribution >= 0.6 is 0 Å².